The first-order valence-electron chi connectivity index (χ1n) is 11.2. The van der Waals surface area contributed by atoms with Crippen molar-refractivity contribution in [3.63, 3.8) is 0 Å². The largest absolute Gasteiger partial charge is 0.317 e. The molecule has 2 aliphatic carbocycles. The molecular weight excluding hydrogens is 292 g/mol. The maximum absolute atomic E-state index is 3.76. The Balaban J connectivity index is 1.59. The third-order valence-corrected chi connectivity index (χ3v) is 6.76. The van der Waals surface area contributed by atoms with E-state index in [1.165, 1.54) is 83.7 Å². The van der Waals surface area contributed by atoms with Gasteiger partial charge in [0.25, 0.3) is 0 Å². The Kier molecular flexibility index (Phi) is 9.71. The van der Waals surface area contributed by atoms with Gasteiger partial charge in [-0.1, -0.05) is 59.3 Å². The fraction of sp³-hybridized carbons (Fsp3) is 1.00. The highest BCUT2D eigenvalue weighted by Crippen LogP contribution is 2.42. The van der Waals surface area contributed by atoms with Crippen molar-refractivity contribution < 1.29 is 0 Å². The van der Waals surface area contributed by atoms with Crippen molar-refractivity contribution in [1.29, 1.82) is 0 Å². The summed E-state index contributed by atoms with van der Waals surface area (Å²) >= 11 is 0. The average Bonchev–Trinajstić information content (AvgIpc) is 3.43. The minimum atomic E-state index is 0.736. The zero-order valence-electron chi connectivity index (χ0n) is 16.8. The first-order chi connectivity index (χ1) is 11.7. The Morgan fingerprint density at radius 2 is 1.62 bits per heavy atom. The molecule has 142 valence electrons. The lowest BCUT2D eigenvalue weighted by Gasteiger charge is -2.27. The van der Waals surface area contributed by atoms with Gasteiger partial charge in [0.05, 0.1) is 0 Å². The van der Waals surface area contributed by atoms with Gasteiger partial charge in [0.2, 0.25) is 0 Å². The fourth-order valence-corrected chi connectivity index (χ4v) is 4.90. The molecule has 3 atom stereocenters. The van der Waals surface area contributed by atoms with E-state index in [2.05, 4.69) is 31.4 Å². The molecule has 2 rings (SSSR count). The predicted molar refractivity (Wildman–Crippen MR) is 106 cm³/mol. The van der Waals surface area contributed by atoms with E-state index in [-0.39, 0.29) is 0 Å². The van der Waals surface area contributed by atoms with E-state index in [1.807, 2.05) is 0 Å². The van der Waals surface area contributed by atoms with Gasteiger partial charge in [0.15, 0.2) is 0 Å². The second kappa shape index (κ2) is 11.5. The van der Waals surface area contributed by atoms with E-state index < -0.39 is 0 Å². The summed E-state index contributed by atoms with van der Waals surface area (Å²) in [5.74, 6) is 3.95. The van der Waals surface area contributed by atoms with Gasteiger partial charge in [-0.15, -0.1) is 0 Å². The summed E-state index contributed by atoms with van der Waals surface area (Å²) in [5, 5.41) is 7.51. The lowest BCUT2D eigenvalue weighted by molar-refractivity contribution is 0.278. The summed E-state index contributed by atoms with van der Waals surface area (Å²) in [7, 11) is 0. The molecule has 0 spiro atoms. The second-order valence-electron chi connectivity index (χ2n) is 8.71. The molecule has 2 saturated carbocycles. The number of hydrogen-bond acceptors (Lipinski definition) is 2. The topological polar surface area (TPSA) is 24.1 Å². The molecule has 0 aromatic heterocycles. The van der Waals surface area contributed by atoms with Gasteiger partial charge >= 0.3 is 0 Å². The standard InChI is InChI=1S/C22H44N2/c1-4-18(3)22(20-11-12-20)14-16-23-15-13-21(24-5-2)17-19-9-7-6-8-10-19/h18-24H,4-17H2,1-3H3. The van der Waals surface area contributed by atoms with E-state index in [4.69, 9.17) is 0 Å². The molecule has 2 fully saturated rings. The Morgan fingerprint density at radius 1 is 0.917 bits per heavy atom. The lowest BCUT2D eigenvalue weighted by Crippen LogP contribution is -2.35. The molecule has 0 aromatic carbocycles. The van der Waals surface area contributed by atoms with E-state index in [0.29, 0.717) is 0 Å². The number of rotatable bonds is 13. The third-order valence-electron chi connectivity index (χ3n) is 6.76. The summed E-state index contributed by atoms with van der Waals surface area (Å²) in [6, 6.07) is 0.736. The molecule has 24 heavy (non-hydrogen) atoms. The first kappa shape index (κ1) is 20.2. The fourth-order valence-electron chi connectivity index (χ4n) is 4.90. The maximum Gasteiger partial charge on any atom is 0.00816 e. The molecule has 0 heterocycles. The summed E-state index contributed by atoms with van der Waals surface area (Å²) in [4.78, 5) is 0. The zero-order valence-corrected chi connectivity index (χ0v) is 16.8. The van der Waals surface area contributed by atoms with Crippen LogP contribution in [0.2, 0.25) is 0 Å². The highest BCUT2D eigenvalue weighted by atomic mass is 14.9. The van der Waals surface area contributed by atoms with Gasteiger partial charge in [0.1, 0.15) is 0 Å². The molecule has 2 heteroatoms. The average molecular weight is 337 g/mol. The molecule has 0 aromatic rings. The lowest BCUT2D eigenvalue weighted by atomic mass is 9.84. The summed E-state index contributed by atoms with van der Waals surface area (Å²) in [6.07, 6.45) is 15.8. The highest BCUT2D eigenvalue weighted by molar-refractivity contribution is 4.84. The molecule has 2 nitrogen and oxygen atoms in total. The van der Waals surface area contributed by atoms with Gasteiger partial charge in [-0.25, -0.2) is 0 Å². The molecule has 0 saturated heterocycles. The molecular formula is C22H44N2. The van der Waals surface area contributed by atoms with Crippen LogP contribution in [-0.2, 0) is 0 Å². The minimum absolute atomic E-state index is 0.736. The van der Waals surface area contributed by atoms with Crippen LogP contribution < -0.4 is 10.6 Å². The van der Waals surface area contributed by atoms with Gasteiger partial charge in [-0.3, -0.25) is 0 Å². The molecule has 2 aliphatic rings. The molecule has 3 unspecified atom stereocenters. The van der Waals surface area contributed by atoms with Crippen LogP contribution in [0.25, 0.3) is 0 Å². The molecule has 2 N–H and O–H groups in total. The zero-order chi connectivity index (χ0) is 17.2. The van der Waals surface area contributed by atoms with Gasteiger partial charge in [-0.2, -0.15) is 0 Å². The SMILES string of the molecule is CCNC(CCNCCC(C(C)CC)C1CC1)CC1CCCCC1. The monoisotopic (exact) mass is 336 g/mol. The summed E-state index contributed by atoms with van der Waals surface area (Å²) in [5.41, 5.74) is 0. The van der Waals surface area contributed by atoms with Crippen molar-refractivity contribution in [2.24, 2.45) is 23.7 Å². The van der Waals surface area contributed by atoms with Gasteiger partial charge in [0, 0.05) is 6.04 Å². The highest BCUT2D eigenvalue weighted by Gasteiger charge is 2.33. The van der Waals surface area contributed by atoms with Crippen LogP contribution in [0.3, 0.4) is 0 Å². The predicted octanol–water partition coefficient (Wildman–Crippen LogP) is 5.38. The summed E-state index contributed by atoms with van der Waals surface area (Å²) in [6.45, 7) is 10.6. The van der Waals surface area contributed by atoms with Gasteiger partial charge < -0.3 is 10.6 Å². The van der Waals surface area contributed by atoms with Crippen molar-refractivity contribution in [1.82, 2.24) is 10.6 Å². The maximum atomic E-state index is 3.76. The first-order valence-corrected chi connectivity index (χ1v) is 11.2. The van der Waals surface area contributed by atoms with Crippen LogP contribution in [0.1, 0.15) is 91.4 Å². The van der Waals surface area contributed by atoms with Crippen LogP contribution >= 0.6 is 0 Å². The Labute approximate surface area is 151 Å². The molecule has 0 bridgehead atoms. The quantitative estimate of drug-likeness (QED) is 0.441. The Bertz CT molecular complexity index is 307. The minimum Gasteiger partial charge on any atom is -0.317 e. The number of nitrogens with one attached hydrogen (secondary N) is 2. The van der Waals surface area contributed by atoms with Crippen LogP contribution in [0.5, 0.6) is 0 Å². The normalized spacial score (nSPS) is 23.1. The van der Waals surface area contributed by atoms with Crippen LogP contribution in [0, 0.1) is 23.7 Å². The van der Waals surface area contributed by atoms with Crippen molar-refractivity contribution in [3.05, 3.63) is 0 Å². The second-order valence-corrected chi connectivity index (χ2v) is 8.71. The van der Waals surface area contributed by atoms with Crippen molar-refractivity contribution in [2.45, 2.75) is 97.4 Å². The number of hydrogen-bond donors (Lipinski definition) is 2. The van der Waals surface area contributed by atoms with E-state index in [1.54, 1.807) is 0 Å². The van der Waals surface area contributed by atoms with Crippen molar-refractivity contribution in [2.75, 3.05) is 19.6 Å². The molecule has 0 amide bonds. The van der Waals surface area contributed by atoms with Crippen LogP contribution in [0.15, 0.2) is 0 Å². The molecule has 0 radical (unpaired) electrons. The smallest absolute Gasteiger partial charge is 0.00816 e. The summed E-state index contributed by atoms with van der Waals surface area (Å²) < 4.78 is 0. The molecule has 0 aliphatic heterocycles. The van der Waals surface area contributed by atoms with E-state index in [9.17, 15) is 0 Å². The third kappa shape index (κ3) is 7.44. The van der Waals surface area contributed by atoms with Crippen molar-refractivity contribution >= 4 is 0 Å². The van der Waals surface area contributed by atoms with Crippen LogP contribution in [-0.4, -0.2) is 25.7 Å². The Morgan fingerprint density at radius 3 is 2.25 bits per heavy atom. The van der Waals surface area contributed by atoms with Crippen molar-refractivity contribution in [3.8, 4) is 0 Å². The van der Waals surface area contributed by atoms with E-state index in [0.717, 1.165) is 36.3 Å². The van der Waals surface area contributed by atoms with E-state index >= 15 is 0 Å². The van der Waals surface area contributed by atoms with Gasteiger partial charge in [-0.05, 0) is 75.4 Å². The Hall–Kier alpha value is -0.0800. The van der Waals surface area contributed by atoms with Crippen LogP contribution in [0.4, 0.5) is 0 Å².